The van der Waals surface area contributed by atoms with Crippen LogP contribution in [0.1, 0.15) is 30.5 Å². The average molecular weight is 843 g/mol. The van der Waals surface area contributed by atoms with Crippen molar-refractivity contribution in [2.24, 2.45) is 0 Å². The molecule has 12 aromatic rings. The SMILES string of the molecule is Cc1cccc(-c2cccc(-c3ccc4c(c3)c3ccccc3n4-c3ccc(-c4ccc5c(c4)C(C)(C)c4cc(-c6ccc(-n7c8ccccc8c8ccccc87)cc6)ccc4-5)cc3)c2)c1. The van der Waals surface area contributed by atoms with Crippen LogP contribution in [0.4, 0.5) is 0 Å². The number of rotatable bonds is 6. The van der Waals surface area contributed by atoms with E-state index in [0.29, 0.717) is 0 Å². The van der Waals surface area contributed by atoms with Crippen LogP contribution in [0.25, 0.3) is 111 Å². The number of nitrogens with zero attached hydrogens (tertiary/aromatic N) is 2. The van der Waals surface area contributed by atoms with Gasteiger partial charge in [-0.05, 0) is 146 Å². The van der Waals surface area contributed by atoms with Gasteiger partial charge in [0.25, 0.3) is 0 Å². The Kier molecular flexibility index (Phi) is 8.51. The Bertz CT molecular complexity index is 3840. The van der Waals surface area contributed by atoms with Crippen molar-refractivity contribution in [1.82, 2.24) is 9.13 Å². The molecule has 1 aliphatic carbocycles. The zero-order valence-corrected chi connectivity index (χ0v) is 37.3. The van der Waals surface area contributed by atoms with Crippen LogP contribution in [-0.4, -0.2) is 9.13 Å². The molecule has 0 bridgehead atoms. The summed E-state index contributed by atoms with van der Waals surface area (Å²) in [5.41, 5.74) is 23.6. The van der Waals surface area contributed by atoms with Crippen molar-refractivity contribution in [3.63, 3.8) is 0 Å². The van der Waals surface area contributed by atoms with Crippen molar-refractivity contribution in [2.75, 3.05) is 0 Å². The molecule has 0 unspecified atom stereocenters. The van der Waals surface area contributed by atoms with Crippen LogP contribution < -0.4 is 0 Å². The van der Waals surface area contributed by atoms with Crippen LogP contribution in [0.5, 0.6) is 0 Å². The van der Waals surface area contributed by atoms with Gasteiger partial charge >= 0.3 is 0 Å². The lowest BCUT2D eigenvalue weighted by Crippen LogP contribution is -2.15. The molecule has 0 spiro atoms. The Labute approximate surface area is 385 Å². The molecular formula is C64H46N2. The summed E-state index contributed by atoms with van der Waals surface area (Å²) in [6.45, 7) is 6.92. The molecule has 0 saturated heterocycles. The molecule has 0 fully saturated rings. The molecule has 13 rings (SSSR count). The highest BCUT2D eigenvalue weighted by atomic mass is 15.0. The second kappa shape index (κ2) is 14.7. The van der Waals surface area contributed by atoms with Crippen LogP contribution in [-0.2, 0) is 5.41 Å². The topological polar surface area (TPSA) is 9.86 Å². The van der Waals surface area contributed by atoms with E-state index in [4.69, 9.17) is 0 Å². The minimum atomic E-state index is -0.150. The maximum absolute atomic E-state index is 2.43. The quantitative estimate of drug-likeness (QED) is 0.158. The van der Waals surface area contributed by atoms with Gasteiger partial charge in [0.15, 0.2) is 0 Å². The third-order valence-electron chi connectivity index (χ3n) is 14.4. The smallest absolute Gasteiger partial charge is 0.0541 e. The van der Waals surface area contributed by atoms with E-state index in [2.05, 4.69) is 254 Å². The fourth-order valence-electron chi connectivity index (χ4n) is 11.0. The third-order valence-corrected chi connectivity index (χ3v) is 14.4. The zero-order valence-electron chi connectivity index (χ0n) is 37.3. The number of benzene rings is 10. The molecule has 312 valence electrons. The molecule has 2 heterocycles. The Balaban J connectivity index is 0.801. The van der Waals surface area contributed by atoms with E-state index in [1.165, 1.54) is 122 Å². The van der Waals surface area contributed by atoms with Crippen molar-refractivity contribution < 1.29 is 0 Å². The molecule has 0 N–H and O–H groups in total. The summed E-state index contributed by atoms with van der Waals surface area (Å²) in [6.07, 6.45) is 0. The van der Waals surface area contributed by atoms with E-state index in [9.17, 15) is 0 Å². The standard InChI is InChI=1S/C64H46N2/c1-41-12-10-13-44(36-41)45-14-11-15-46(37-45)47-28-35-63-57(38-47)56-18-6-9-21-62(56)66(63)51-31-24-43(25-32-51)49-27-34-53-52-33-26-48(39-58(52)64(2,3)59(53)40-49)42-22-29-50(30-23-42)65-60-19-7-4-16-54(60)55-17-5-8-20-61(55)65/h4-40H,1-3H3. The fourth-order valence-corrected chi connectivity index (χ4v) is 11.0. The van der Waals surface area contributed by atoms with Crippen molar-refractivity contribution in [3.05, 3.63) is 241 Å². The lowest BCUT2D eigenvalue weighted by atomic mass is 9.81. The zero-order chi connectivity index (χ0) is 44.1. The van der Waals surface area contributed by atoms with Gasteiger partial charge in [-0.15, -0.1) is 0 Å². The average Bonchev–Trinajstić information content (AvgIpc) is 3.96. The van der Waals surface area contributed by atoms with Crippen LogP contribution in [0.2, 0.25) is 0 Å². The number of aryl methyl sites for hydroxylation is 1. The van der Waals surface area contributed by atoms with Crippen molar-refractivity contribution >= 4 is 43.6 Å². The predicted octanol–water partition coefficient (Wildman–Crippen LogP) is 17.2. The fraction of sp³-hybridized carbons (Fsp3) is 0.0625. The summed E-state index contributed by atoms with van der Waals surface area (Å²) in [4.78, 5) is 0. The molecule has 2 heteroatoms. The normalized spacial score (nSPS) is 12.9. The highest BCUT2D eigenvalue weighted by molar-refractivity contribution is 6.11. The van der Waals surface area contributed by atoms with Crippen molar-refractivity contribution in [2.45, 2.75) is 26.2 Å². The highest BCUT2D eigenvalue weighted by Crippen LogP contribution is 2.51. The van der Waals surface area contributed by atoms with Gasteiger partial charge in [0.1, 0.15) is 0 Å². The summed E-state index contributed by atoms with van der Waals surface area (Å²) in [5.74, 6) is 0. The molecule has 0 aliphatic heterocycles. The Morgan fingerprint density at radius 1 is 0.288 bits per heavy atom. The molecule has 0 radical (unpaired) electrons. The van der Waals surface area contributed by atoms with Gasteiger partial charge in [-0.2, -0.15) is 0 Å². The van der Waals surface area contributed by atoms with Gasteiger partial charge in [0.2, 0.25) is 0 Å². The van der Waals surface area contributed by atoms with E-state index in [1.807, 2.05) is 0 Å². The van der Waals surface area contributed by atoms with E-state index in [0.717, 1.165) is 5.69 Å². The number of aromatic nitrogens is 2. The maximum atomic E-state index is 2.43. The lowest BCUT2D eigenvalue weighted by molar-refractivity contribution is 0.661. The summed E-state index contributed by atoms with van der Waals surface area (Å²) in [6, 6.07) is 83.2. The van der Waals surface area contributed by atoms with Crippen LogP contribution in [0.3, 0.4) is 0 Å². The predicted molar refractivity (Wildman–Crippen MR) is 279 cm³/mol. The van der Waals surface area contributed by atoms with Crippen LogP contribution in [0.15, 0.2) is 224 Å². The van der Waals surface area contributed by atoms with Gasteiger partial charge in [-0.25, -0.2) is 0 Å². The third kappa shape index (κ3) is 5.95. The van der Waals surface area contributed by atoms with Gasteiger partial charge in [-0.3, -0.25) is 0 Å². The second-order valence-corrected chi connectivity index (χ2v) is 18.6. The van der Waals surface area contributed by atoms with E-state index in [1.54, 1.807) is 0 Å². The minimum absolute atomic E-state index is 0.150. The number of hydrogen-bond donors (Lipinski definition) is 0. The number of para-hydroxylation sites is 3. The van der Waals surface area contributed by atoms with Gasteiger partial charge in [0, 0.05) is 38.3 Å². The molecule has 66 heavy (non-hydrogen) atoms. The Hall–Kier alpha value is -8.20. The van der Waals surface area contributed by atoms with Crippen LogP contribution in [0, 0.1) is 6.92 Å². The summed E-state index contributed by atoms with van der Waals surface area (Å²) < 4.78 is 4.80. The number of hydrogen-bond acceptors (Lipinski definition) is 0. The summed E-state index contributed by atoms with van der Waals surface area (Å²) >= 11 is 0. The summed E-state index contributed by atoms with van der Waals surface area (Å²) in [5, 5.41) is 5.08. The number of fused-ring (bicyclic) bond motifs is 9. The first-order valence-electron chi connectivity index (χ1n) is 23.1. The molecule has 0 atom stereocenters. The van der Waals surface area contributed by atoms with Crippen molar-refractivity contribution in [1.29, 1.82) is 0 Å². The molecular weight excluding hydrogens is 797 g/mol. The summed E-state index contributed by atoms with van der Waals surface area (Å²) in [7, 11) is 0. The Morgan fingerprint density at radius 2 is 0.667 bits per heavy atom. The molecule has 10 aromatic carbocycles. The first kappa shape index (κ1) is 38.3. The minimum Gasteiger partial charge on any atom is -0.309 e. The van der Waals surface area contributed by atoms with Gasteiger partial charge in [-0.1, -0.05) is 171 Å². The van der Waals surface area contributed by atoms with Crippen LogP contribution >= 0.6 is 0 Å². The van der Waals surface area contributed by atoms with E-state index in [-0.39, 0.29) is 5.41 Å². The second-order valence-electron chi connectivity index (χ2n) is 18.6. The molecule has 1 aliphatic rings. The molecule has 0 saturated carbocycles. The maximum Gasteiger partial charge on any atom is 0.0541 e. The van der Waals surface area contributed by atoms with E-state index >= 15 is 0 Å². The molecule has 0 amide bonds. The first-order valence-corrected chi connectivity index (χ1v) is 23.1. The largest absolute Gasteiger partial charge is 0.309 e. The lowest BCUT2D eigenvalue weighted by Gasteiger charge is -2.23. The van der Waals surface area contributed by atoms with E-state index < -0.39 is 0 Å². The monoisotopic (exact) mass is 842 g/mol. The highest BCUT2D eigenvalue weighted by Gasteiger charge is 2.36. The molecule has 2 aromatic heterocycles. The Morgan fingerprint density at radius 3 is 1.17 bits per heavy atom. The van der Waals surface area contributed by atoms with Crippen molar-refractivity contribution in [3.8, 4) is 67.0 Å². The van der Waals surface area contributed by atoms with Gasteiger partial charge in [0.05, 0.1) is 22.1 Å². The molecule has 2 nitrogen and oxygen atoms in total. The van der Waals surface area contributed by atoms with Gasteiger partial charge < -0.3 is 9.13 Å². The first-order chi connectivity index (χ1) is 32.4.